The standard InChI is InChI=1S/C15H19NO6/c1-15(2,3)22-9-8-21-12-5-4-11-13(14(12)16(18)19)10(17)6-7-20-11/h4-5H,6-9H2,1-3H3. The number of nitro groups is 1. The average Bonchev–Trinajstić information content (AvgIpc) is 2.42. The summed E-state index contributed by atoms with van der Waals surface area (Å²) >= 11 is 0. The Labute approximate surface area is 128 Å². The molecule has 0 fully saturated rings. The monoisotopic (exact) mass is 309 g/mol. The van der Waals surface area contributed by atoms with Crippen molar-refractivity contribution in [2.45, 2.75) is 32.8 Å². The Morgan fingerprint density at radius 1 is 1.32 bits per heavy atom. The van der Waals surface area contributed by atoms with Gasteiger partial charge in [0.15, 0.2) is 11.5 Å². The second-order valence-corrected chi connectivity index (χ2v) is 5.87. The van der Waals surface area contributed by atoms with Crippen LogP contribution in [-0.4, -0.2) is 36.1 Å². The fraction of sp³-hybridized carbons (Fsp3) is 0.533. The number of nitrogens with zero attached hydrogens (tertiary/aromatic N) is 1. The summed E-state index contributed by atoms with van der Waals surface area (Å²) in [6.07, 6.45) is 0.129. The lowest BCUT2D eigenvalue weighted by Gasteiger charge is -2.20. The van der Waals surface area contributed by atoms with E-state index >= 15 is 0 Å². The van der Waals surface area contributed by atoms with E-state index < -0.39 is 4.92 Å². The Bertz CT molecular complexity index is 590. The van der Waals surface area contributed by atoms with Crippen LogP contribution in [0.1, 0.15) is 37.6 Å². The molecular weight excluding hydrogens is 290 g/mol. The molecule has 7 nitrogen and oxygen atoms in total. The lowest BCUT2D eigenvalue weighted by molar-refractivity contribution is -0.386. The predicted molar refractivity (Wildman–Crippen MR) is 78.7 cm³/mol. The van der Waals surface area contributed by atoms with E-state index in [-0.39, 0.29) is 53.8 Å². The maximum absolute atomic E-state index is 12.0. The van der Waals surface area contributed by atoms with Gasteiger partial charge in [-0.2, -0.15) is 0 Å². The molecule has 1 aromatic rings. The molecule has 0 saturated carbocycles. The quantitative estimate of drug-likeness (QED) is 0.472. The van der Waals surface area contributed by atoms with Gasteiger partial charge in [-0.1, -0.05) is 0 Å². The lowest BCUT2D eigenvalue weighted by Crippen LogP contribution is -2.23. The molecule has 120 valence electrons. The van der Waals surface area contributed by atoms with E-state index in [9.17, 15) is 14.9 Å². The third kappa shape index (κ3) is 3.73. The fourth-order valence-corrected chi connectivity index (χ4v) is 2.12. The minimum Gasteiger partial charge on any atom is -0.492 e. The van der Waals surface area contributed by atoms with Crippen molar-refractivity contribution >= 4 is 11.5 Å². The van der Waals surface area contributed by atoms with Crippen LogP contribution in [0.15, 0.2) is 12.1 Å². The molecule has 0 saturated heterocycles. The van der Waals surface area contributed by atoms with Crippen molar-refractivity contribution in [1.29, 1.82) is 0 Å². The first-order valence-corrected chi connectivity index (χ1v) is 7.04. The van der Waals surface area contributed by atoms with Gasteiger partial charge < -0.3 is 14.2 Å². The van der Waals surface area contributed by atoms with Gasteiger partial charge in [0, 0.05) is 6.42 Å². The smallest absolute Gasteiger partial charge is 0.325 e. The highest BCUT2D eigenvalue weighted by Crippen LogP contribution is 2.39. The number of carbonyl (C=O) groups is 1. The molecule has 2 rings (SSSR count). The van der Waals surface area contributed by atoms with Gasteiger partial charge in [-0.25, -0.2) is 0 Å². The van der Waals surface area contributed by atoms with E-state index in [1.807, 2.05) is 20.8 Å². The summed E-state index contributed by atoms with van der Waals surface area (Å²) in [5.74, 6) is -0.00862. The molecule has 1 aliphatic heterocycles. The summed E-state index contributed by atoms with van der Waals surface area (Å²) in [4.78, 5) is 22.7. The zero-order valence-electron chi connectivity index (χ0n) is 12.9. The third-order valence-electron chi connectivity index (χ3n) is 3.03. The van der Waals surface area contributed by atoms with Crippen molar-refractivity contribution in [2.75, 3.05) is 19.8 Å². The van der Waals surface area contributed by atoms with E-state index in [1.165, 1.54) is 12.1 Å². The first kappa shape index (κ1) is 16.2. The molecule has 0 radical (unpaired) electrons. The second kappa shape index (κ2) is 6.31. The summed E-state index contributed by atoms with van der Waals surface area (Å²) in [5, 5.41) is 11.3. The molecule has 0 amide bonds. The van der Waals surface area contributed by atoms with Crippen LogP contribution in [0.25, 0.3) is 0 Å². The van der Waals surface area contributed by atoms with E-state index in [1.54, 1.807) is 0 Å². The Kier molecular flexibility index (Phi) is 4.65. The van der Waals surface area contributed by atoms with Crippen LogP contribution < -0.4 is 9.47 Å². The van der Waals surface area contributed by atoms with Crippen molar-refractivity contribution in [3.63, 3.8) is 0 Å². The molecule has 1 aromatic carbocycles. The number of nitro benzene ring substituents is 1. The zero-order chi connectivity index (χ0) is 16.3. The Morgan fingerprint density at radius 3 is 2.68 bits per heavy atom. The highest BCUT2D eigenvalue weighted by atomic mass is 16.6. The van der Waals surface area contributed by atoms with Gasteiger partial charge in [-0.05, 0) is 32.9 Å². The highest BCUT2D eigenvalue weighted by molar-refractivity contribution is 6.04. The molecule has 1 heterocycles. The molecular formula is C15H19NO6. The molecule has 0 N–H and O–H groups in total. The number of Topliss-reactive ketones (excluding diaryl/α,β-unsaturated/α-hetero) is 1. The highest BCUT2D eigenvalue weighted by Gasteiger charge is 2.32. The molecule has 22 heavy (non-hydrogen) atoms. The van der Waals surface area contributed by atoms with Crippen LogP contribution in [0.5, 0.6) is 11.5 Å². The first-order chi connectivity index (χ1) is 10.3. The van der Waals surface area contributed by atoms with Crippen LogP contribution in [0.3, 0.4) is 0 Å². The van der Waals surface area contributed by atoms with Crippen molar-refractivity contribution < 1.29 is 23.9 Å². The van der Waals surface area contributed by atoms with Crippen LogP contribution in [0.2, 0.25) is 0 Å². The average molecular weight is 309 g/mol. The van der Waals surface area contributed by atoms with Gasteiger partial charge in [0.2, 0.25) is 0 Å². The Balaban J connectivity index is 2.19. The molecule has 0 aliphatic carbocycles. The molecule has 0 unspecified atom stereocenters. The number of carbonyl (C=O) groups excluding carboxylic acids is 1. The number of ether oxygens (including phenoxy) is 3. The van der Waals surface area contributed by atoms with E-state index in [0.717, 1.165) is 0 Å². The first-order valence-electron chi connectivity index (χ1n) is 7.04. The minimum atomic E-state index is -0.606. The van der Waals surface area contributed by atoms with Crippen LogP contribution in [-0.2, 0) is 4.74 Å². The summed E-state index contributed by atoms with van der Waals surface area (Å²) in [6, 6.07) is 2.98. The van der Waals surface area contributed by atoms with Crippen LogP contribution in [0.4, 0.5) is 5.69 Å². The van der Waals surface area contributed by atoms with Crippen LogP contribution in [0, 0.1) is 10.1 Å². The number of ketones is 1. The Morgan fingerprint density at radius 2 is 2.05 bits per heavy atom. The van der Waals surface area contributed by atoms with Gasteiger partial charge in [0.25, 0.3) is 0 Å². The van der Waals surface area contributed by atoms with Crippen LogP contribution >= 0.6 is 0 Å². The maximum atomic E-state index is 12.0. The number of hydrogen-bond donors (Lipinski definition) is 0. The number of hydrogen-bond acceptors (Lipinski definition) is 6. The number of rotatable bonds is 5. The second-order valence-electron chi connectivity index (χ2n) is 5.87. The Hall–Kier alpha value is -2.15. The van der Waals surface area contributed by atoms with Crippen molar-refractivity contribution in [3.05, 3.63) is 27.8 Å². The fourth-order valence-electron chi connectivity index (χ4n) is 2.12. The number of fused-ring (bicyclic) bond motifs is 1. The van der Waals surface area contributed by atoms with E-state index in [2.05, 4.69) is 0 Å². The molecule has 7 heteroatoms. The zero-order valence-corrected chi connectivity index (χ0v) is 12.9. The van der Waals surface area contributed by atoms with E-state index in [4.69, 9.17) is 14.2 Å². The largest absolute Gasteiger partial charge is 0.492 e. The summed E-state index contributed by atoms with van der Waals surface area (Å²) in [7, 11) is 0. The predicted octanol–water partition coefficient (Wildman–Crippen LogP) is 2.75. The SMILES string of the molecule is CC(C)(C)OCCOc1ccc2c(c1[N+](=O)[O-])C(=O)CCO2. The minimum absolute atomic E-state index is 0.00881. The van der Waals surface area contributed by atoms with E-state index in [0.29, 0.717) is 6.61 Å². The van der Waals surface area contributed by atoms with Gasteiger partial charge in [-0.15, -0.1) is 0 Å². The van der Waals surface area contributed by atoms with Gasteiger partial charge in [0.1, 0.15) is 17.9 Å². The van der Waals surface area contributed by atoms with Crippen molar-refractivity contribution in [1.82, 2.24) is 0 Å². The topological polar surface area (TPSA) is 87.9 Å². The maximum Gasteiger partial charge on any atom is 0.325 e. The van der Waals surface area contributed by atoms with Gasteiger partial charge in [0.05, 0.1) is 23.7 Å². The summed E-state index contributed by atoms with van der Waals surface area (Å²) < 4.78 is 16.2. The normalized spacial score (nSPS) is 14.2. The summed E-state index contributed by atoms with van der Waals surface area (Å²) in [6.45, 7) is 6.41. The third-order valence-corrected chi connectivity index (χ3v) is 3.03. The molecule has 0 aromatic heterocycles. The van der Waals surface area contributed by atoms with Gasteiger partial charge >= 0.3 is 5.69 Å². The van der Waals surface area contributed by atoms with Crippen molar-refractivity contribution in [2.24, 2.45) is 0 Å². The lowest BCUT2D eigenvalue weighted by atomic mass is 10.0. The van der Waals surface area contributed by atoms with Gasteiger partial charge in [-0.3, -0.25) is 14.9 Å². The molecule has 0 atom stereocenters. The van der Waals surface area contributed by atoms with Crippen molar-refractivity contribution in [3.8, 4) is 11.5 Å². The molecule has 0 bridgehead atoms. The summed E-state index contributed by atoms with van der Waals surface area (Å²) in [5.41, 5.74) is -0.655. The number of benzene rings is 1. The molecule has 1 aliphatic rings. The molecule has 0 spiro atoms.